The number of amides is 1. The van der Waals surface area contributed by atoms with Gasteiger partial charge in [-0.15, -0.1) is 10.2 Å². The summed E-state index contributed by atoms with van der Waals surface area (Å²) in [6, 6.07) is 7.56. The fourth-order valence-electron chi connectivity index (χ4n) is 2.21. The third-order valence-corrected chi connectivity index (χ3v) is 4.63. The van der Waals surface area contributed by atoms with Gasteiger partial charge in [0, 0.05) is 22.9 Å². The van der Waals surface area contributed by atoms with Gasteiger partial charge in [-0.3, -0.25) is 0 Å². The first kappa shape index (κ1) is 15.2. The molecule has 1 aromatic heterocycles. The minimum Gasteiger partial charge on any atom is -0.447 e. The molecule has 2 heterocycles. The standard InChI is InChI=1S/C14H15ClN4O2S/c1-2-19-12(9-4-3-5-10(15)6-9)17-18-13(19)22-8-11-7-21-14(20)16-11/h3-6,11H,2,7-8H2,1H3,(H,16,20)/t11-/m0/s1. The van der Waals surface area contributed by atoms with Gasteiger partial charge in [-0.1, -0.05) is 35.5 Å². The molecular weight excluding hydrogens is 324 g/mol. The van der Waals surface area contributed by atoms with Crippen molar-refractivity contribution in [2.45, 2.75) is 24.7 Å². The van der Waals surface area contributed by atoms with Crippen LogP contribution in [0.5, 0.6) is 0 Å². The van der Waals surface area contributed by atoms with Gasteiger partial charge < -0.3 is 14.6 Å². The van der Waals surface area contributed by atoms with Gasteiger partial charge in [-0.2, -0.15) is 0 Å². The fourth-order valence-corrected chi connectivity index (χ4v) is 3.40. The summed E-state index contributed by atoms with van der Waals surface area (Å²) in [6.07, 6.45) is -0.359. The summed E-state index contributed by atoms with van der Waals surface area (Å²) in [7, 11) is 0. The van der Waals surface area contributed by atoms with E-state index in [1.54, 1.807) is 11.8 Å². The van der Waals surface area contributed by atoms with Gasteiger partial charge in [0.05, 0.1) is 6.04 Å². The predicted octanol–water partition coefficient (Wildman–Crippen LogP) is 2.82. The van der Waals surface area contributed by atoms with Crippen molar-refractivity contribution in [2.75, 3.05) is 12.4 Å². The molecule has 0 saturated carbocycles. The average molecular weight is 339 g/mol. The Morgan fingerprint density at radius 2 is 2.36 bits per heavy atom. The molecule has 0 spiro atoms. The summed E-state index contributed by atoms with van der Waals surface area (Å²) < 4.78 is 6.91. The summed E-state index contributed by atoms with van der Waals surface area (Å²) in [4.78, 5) is 11.0. The lowest BCUT2D eigenvalue weighted by Crippen LogP contribution is -2.28. The first-order valence-corrected chi connectivity index (χ1v) is 8.29. The number of nitrogens with one attached hydrogen (secondary N) is 1. The van der Waals surface area contributed by atoms with E-state index in [4.69, 9.17) is 16.3 Å². The molecule has 3 rings (SSSR count). The maximum Gasteiger partial charge on any atom is 0.407 e. The van der Waals surface area contributed by atoms with E-state index in [-0.39, 0.29) is 12.1 Å². The number of carbonyl (C=O) groups excluding carboxylic acids is 1. The van der Waals surface area contributed by atoms with Gasteiger partial charge in [0.25, 0.3) is 0 Å². The van der Waals surface area contributed by atoms with Crippen molar-refractivity contribution in [2.24, 2.45) is 0 Å². The molecule has 1 aliphatic heterocycles. The normalized spacial score (nSPS) is 17.4. The topological polar surface area (TPSA) is 69.0 Å². The van der Waals surface area contributed by atoms with Crippen molar-refractivity contribution in [3.63, 3.8) is 0 Å². The summed E-state index contributed by atoms with van der Waals surface area (Å²) in [5.74, 6) is 1.48. The maximum atomic E-state index is 11.0. The van der Waals surface area contributed by atoms with Gasteiger partial charge in [0.15, 0.2) is 11.0 Å². The number of rotatable bonds is 5. The van der Waals surface area contributed by atoms with Crippen LogP contribution in [0.3, 0.4) is 0 Å². The summed E-state index contributed by atoms with van der Waals surface area (Å²) in [6.45, 7) is 3.19. The second-order valence-electron chi connectivity index (χ2n) is 4.81. The van der Waals surface area contributed by atoms with Crippen molar-refractivity contribution in [1.29, 1.82) is 0 Å². The Morgan fingerprint density at radius 3 is 3.05 bits per heavy atom. The van der Waals surface area contributed by atoms with E-state index in [0.29, 0.717) is 17.4 Å². The number of aromatic nitrogens is 3. The molecule has 6 nitrogen and oxygen atoms in total. The molecule has 0 unspecified atom stereocenters. The second-order valence-corrected chi connectivity index (χ2v) is 6.24. The zero-order chi connectivity index (χ0) is 15.5. The van der Waals surface area contributed by atoms with Crippen LogP contribution in [0.15, 0.2) is 29.4 Å². The summed E-state index contributed by atoms with van der Waals surface area (Å²) in [5.41, 5.74) is 0.936. The smallest absolute Gasteiger partial charge is 0.407 e. The highest BCUT2D eigenvalue weighted by molar-refractivity contribution is 7.99. The van der Waals surface area contributed by atoms with Crippen LogP contribution in [-0.4, -0.2) is 39.3 Å². The van der Waals surface area contributed by atoms with E-state index in [1.807, 2.05) is 35.8 Å². The van der Waals surface area contributed by atoms with Gasteiger partial charge in [-0.25, -0.2) is 4.79 Å². The van der Waals surface area contributed by atoms with Gasteiger partial charge in [0.1, 0.15) is 6.61 Å². The number of thioether (sulfide) groups is 1. The number of carbonyl (C=O) groups is 1. The Kier molecular flexibility index (Phi) is 4.54. The number of alkyl carbamates (subject to hydrolysis) is 1. The number of hydrogen-bond acceptors (Lipinski definition) is 5. The quantitative estimate of drug-likeness (QED) is 0.849. The van der Waals surface area contributed by atoms with E-state index in [1.165, 1.54) is 0 Å². The summed E-state index contributed by atoms with van der Waals surface area (Å²) in [5, 5.41) is 12.8. The number of cyclic esters (lactones) is 1. The van der Waals surface area contributed by atoms with Crippen LogP contribution < -0.4 is 5.32 Å². The molecule has 1 aliphatic rings. The first-order valence-electron chi connectivity index (χ1n) is 6.92. The van der Waals surface area contributed by atoms with Crippen LogP contribution in [0, 0.1) is 0 Å². The highest BCUT2D eigenvalue weighted by Crippen LogP contribution is 2.26. The second kappa shape index (κ2) is 6.58. The van der Waals surface area contributed by atoms with Gasteiger partial charge in [-0.05, 0) is 19.1 Å². The zero-order valence-electron chi connectivity index (χ0n) is 12.0. The molecule has 0 aliphatic carbocycles. The highest BCUT2D eigenvalue weighted by atomic mass is 35.5. The molecule has 22 heavy (non-hydrogen) atoms. The third kappa shape index (κ3) is 3.20. The lowest BCUT2D eigenvalue weighted by atomic mass is 10.2. The fraction of sp³-hybridized carbons (Fsp3) is 0.357. The Balaban J connectivity index is 1.77. The molecular formula is C14H15ClN4O2S. The highest BCUT2D eigenvalue weighted by Gasteiger charge is 2.23. The Bertz CT molecular complexity index is 691. The van der Waals surface area contributed by atoms with Crippen LogP contribution >= 0.6 is 23.4 Å². The van der Waals surface area contributed by atoms with E-state index in [9.17, 15) is 4.79 Å². The molecule has 1 aromatic carbocycles. The van der Waals surface area contributed by atoms with Crippen LogP contribution in [0.2, 0.25) is 5.02 Å². The number of nitrogens with zero attached hydrogens (tertiary/aromatic N) is 3. The summed E-state index contributed by atoms with van der Waals surface area (Å²) >= 11 is 7.59. The average Bonchev–Trinajstić information content (AvgIpc) is 3.10. The molecule has 1 N–H and O–H groups in total. The molecule has 1 amide bonds. The van der Waals surface area contributed by atoms with Gasteiger partial charge in [0.2, 0.25) is 0 Å². The predicted molar refractivity (Wildman–Crippen MR) is 85.1 cm³/mol. The minimum atomic E-state index is -0.359. The van der Waals surface area contributed by atoms with Crippen molar-refractivity contribution in [3.05, 3.63) is 29.3 Å². The molecule has 8 heteroatoms. The number of halogens is 1. The number of benzene rings is 1. The SMILES string of the molecule is CCn1c(SC[C@@H]2COC(=O)N2)nnc1-c1cccc(Cl)c1. The Hall–Kier alpha value is -1.73. The molecule has 1 atom stereocenters. The van der Waals surface area contributed by atoms with E-state index >= 15 is 0 Å². The van der Waals surface area contributed by atoms with Crippen LogP contribution in [0.1, 0.15) is 6.92 Å². The minimum absolute atomic E-state index is 0.00845. The third-order valence-electron chi connectivity index (χ3n) is 3.27. The van der Waals surface area contributed by atoms with Crippen LogP contribution in [0.4, 0.5) is 4.79 Å². The van der Waals surface area contributed by atoms with Crippen LogP contribution in [-0.2, 0) is 11.3 Å². The Morgan fingerprint density at radius 1 is 1.50 bits per heavy atom. The molecule has 0 bridgehead atoms. The number of ether oxygens (including phenoxy) is 1. The lowest BCUT2D eigenvalue weighted by Gasteiger charge is -2.09. The number of hydrogen-bond donors (Lipinski definition) is 1. The van der Waals surface area contributed by atoms with Gasteiger partial charge >= 0.3 is 6.09 Å². The van der Waals surface area contributed by atoms with Crippen molar-refractivity contribution >= 4 is 29.5 Å². The maximum absolute atomic E-state index is 11.0. The van der Waals surface area contributed by atoms with Crippen molar-refractivity contribution in [1.82, 2.24) is 20.1 Å². The lowest BCUT2D eigenvalue weighted by molar-refractivity contribution is 0.177. The first-order chi connectivity index (χ1) is 10.7. The van der Waals surface area contributed by atoms with Crippen molar-refractivity contribution < 1.29 is 9.53 Å². The van der Waals surface area contributed by atoms with E-state index < -0.39 is 0 Å². The molecule has 1 fully saturated rings. The molecule has 116 valence electrons. The van der Waals surface area contributed by atoms with Crippen LogP contribution in [0.25, 0.3) is 11.4 Å². The van der Waals surface area contributed by atoms with E-state index in [2.05, 4.69) is 15.5 Å². The monoisotopic (exact) mass is 338 g/mol. The molecule has 1 saturated heterocycles. The molecule has 2 aromatic rings. The largest absolute Gasteiger partial charge is 0.447 e. The zero-order valence-corrected chi connectivity index (χ0v) is 13.5. The van der Waals surface area contributed by atoms with Crippen molar-refractivity contribution in [3.8, 4) is 11.4 Å². The Labute approximate surface area is 137 Å². The molecule has 0 radical (unpaired) electrons. The van der Waals surface area contributed by atoms with E-state index in [0.717, 1.165) is 23.1 Å².